The first-order valence-electron chi connectivity index (χ1n) is 8.50. The molecule has 3 N–H and O–H groups in total. The van der Waals surface area contributed by atoms with Crippen molar-refractivity contribution in [2.45, 2.75) is 19.3 Å². The lowest BCUT2D eigenvalue weighted by Crippen LogP contribution is -2.15. The highest BCUT2D eigenvalue weighted by atomic mass is 14.7. The third kappa shape index (κ3) is 2.59. The highest BCUT2D eigenvalue weighted by molar-refractivity contribution is 5.87. The number of aromatic amines is 1. The van der Waals surface area contributed by atoms with Gasteiger partial charge in [0.2, 0.25) is 0 Å². The van der Waals surface area contributed by atoms with Crippen LogP contribution in [0.15, 0.2) is 66.9 Å². The molecule has 1 aromatic heterocycles. The van der Waals surface area contributed by atoms with Crippen molar-refractivity contribution in [2.24, 2.45) is 5.73 Å². The van der Waals surface area contributed by atoms with E-state index < -0.39 is 0 Å². The van der Waals surface area contributed by atoms with Crippen LogP contribution in [-0.2, 0) is 6.42 Å². The van der Waals surface area contributed by atoms with Crippen LogP contribution in [0.3, 0.4) is 0 Å². The van der Waals surface area contributed by atoms with Crippen molar-refractivity contribution >= 4 is 21.7 Å². The first-order valence-corrected chi connectivity index (χ1v) is 8.50. The first-order chi connectivity index (χ1) is 11.8. The molecule has 0 aliphatic rings. The molecule has 0 bridgehead atoms. The minimum Gasteiger partial charge on any atom is -0.361 e. The van der Waals surface area contributed by atoms with E-state index in [2.05, 4.69) is 78.8 Å². The zero-order valence-corrected chi connectivity index (χ0v) is 13.9. The summed E-state index contributed by atoms with van der Waals surface area (Å²) in [4.78, 5) is 3.40. The van der Waals surface area contributed by atoms with E-state index in [1.807, 2.05) is 0 Å². The predicted molar refractivity (Wildman–Crippen MR) is 102 cm³/mol. The Balaban J connectivity index is 1.77. The molecule has 1 unspecified atom stereocenters. The van der Waals surface area contributed by atoms with Crippen molar-refractivity contribution in [3.63, 3.8) is 0 Å². The lowest BCUT2D eigenvalue weighted by atomic mass is 9.89. The number of nitrogens with one attached hydrogen (secondary N) is 1. The van der Waals surface area contributed by atoms with Gasteiger partial charge >= 0.3 is 0 Å². The van der Waals surface area contributed by atoms with Crippen LogP contribution in [-0.4, -0.2) is 11.5 Å². The number of benzene rings is 3. The van der Waals surface area contributed by atoms with Crippen molar-refractivity contribution < 1.29 is 0 Å². The van der Waals surface area contributed by atoms with E-state index in [-0.39, 0.29) is 0 Å². The second kappa shape index (κ2) is 6.14. The van der Waals surface area contributed by atoms with E-state index in [0.29, 0.717) is 12.5 Å². The predicted octanol–water partition coefficient (Wildman–Crippen LogP) is 4.91. The van der Waals surface area contributed by atoms with Gasteiger partial charge in [0.15, 0.2) is 0 Å². The third-order valence-corrected chi connectivity index (χ3v) is 4.94. The van der Waals surface area contributed by atoms with Gasteiger partial charge in [-0.25, -0.2) is 0 Å². The number of aryl methyl sites for hydroxylation is 1. The fraction of sp³-hybridized carbons (Fsp3) is 0.182. The van der Waals surface area contributed by atoms with Crippen LogP contribution in [0.1, 0.15) is 22.6 Å². The van der Waals surface area contributed by atoms with Gasteiger partial charge in [0.1, 0.15) is 0 Å². The smallest absolute Gasteiger partial charge is 0.0457 e. The molecule has 2 heteroatoms. The van der Waals surface area contributed by atoms with Crippen LogP contribution in [0.25, 0.3) is 21.7 Å². The van der Waals surface area contributed by atoms with Crippen molar-refractivity contribution in [2.75, 3.05) is 6.54 Å². The average Bonchev–Trinajstić information content (AvgIpc) is 3.02. The number of aromatic nitrogens is 1. The lowest BCUT2D eigenvalue weighted by Gasteiger charge is -2.16. The van der Waals surface area contributed by atoms with Gasteiger partial charge < -0.3 is 10.7 Å². The van der Waals surface area contributed by atoms with E-state index in [0.717, 1.165) is 6.42 Å². The minimum atomic E-state index is 0.311. The monoisotopic (exact) mass is 314 g/mol. The van der Waals surface area contributed by atoms with Crippen LogP contribution in [0.4, 0.5) is 0 Å². The van der Waals surface area contributed by atoms with Gasteiger partial charge in [-0.15, -0.1) is 0 Å². The molecule has 4 rings (SSSR count). The summed E-state index contributed by atoms with van der Waals surface area (Å²) in [5, 5.41) is 3.92. The molecule has 0 spiro atoms. The summed E-state index contributed by atoms with van der Waals surface area (Å²) in [5.41, 5.74) is 11.3. The van der Waals surface area contributed by atoms with Gasteiger partial charge in [-0.1, -0.05) is 54.1 Å². The zero-order chi connectivity index (χ0) is 16.5. The number of hydrogen-bond acceptors (Lipinski definition) is 1. The molecule has 0 saturated carbocycles. The molecule has 24 heavy (non-hydrogen) atoms. The number of fused-ring (bicyclic) bond motifs is 2. The first kappa shape index (κ1) is 15.0. The summed E-state index contributed by atoms with van der Waals surface area (Å²) in [6.07, 6.45) is 3.09. The normalized spacial score (nSPS) is 12.8. The van der Waals surface area contributed by atoms with Crippen LogP contribution in [0, 0.1) is 6.92 Å². The molecule has 1 atom stereocenters. The maximum Gasteiger partial charge on any atom is 0.0457 e. The van der Waals surface area contributed by atoms with Gasteiger partial charge in [0, 0.05) is 23.0 Å². The maximum atomic E-state index is 6.17. The topological polar surface area (TPSA) is 41.8 Å². The molecule has 2 nitrogen and oxygen atoms in total. The summed E-state index contributed by atoms with van der Waals surface area (Å²) in [7, 11) is 0. The van der Waals surface area contributed by atoms with Crippen molar-refractivity contribution in [1.29, 1.82) is 0 Å². The summed E-state index contributed by atoms with van der Waals surface area (Å²) in [6.45, 7) is 2.78. The van der Waals surface area contributed by atoms with Gasteiger partial charge in [0.05, 0.1) is 0 Å². The van der Waals surface area contributed by atoms with E-state index in [1.54, 1.807) is 0 Å². The van der Waals surface area contributed by atoms with E-state index >= 15 is 0 Å². The molecule has 4 aromatic rings. The Kier molecular flexibility index (Phi) is 3.83. The molecular formula is C22H22N2. The molecule has 0 amide bonds. The number of H-pyrrole nitrogens is 1. The Labute approximate surface area is 142 Å². The van der Waals surface area contributed by atoms with E-state index in [4.69, 9.17) is 5.73 Å². The van der Waals surface area contributed by atoms with E-state index in [1.165, 1.54) is 38.4 Å². The van der Waals surface area contributed by atoms with Gasteiger partial charge in [-0.3, -0.25) is 0 Å². The molecule has 120 valence electrons. The largest absolute Gasteiger partial charge is 0.361 e. The van der Waals surface area contributed by atoms with Gasteiger partial charge in [0.25, 0.3) is 0 Å². The van der Waals surface area contributed by atoms with E-state index in [9.17, 15) is 0 Å². The van der Waals surface area contributed by atoms with Crippen molar-refractivity contribution in [3.05, 3.63) is 83.6 Å². The maximum absolute atomic E-state index is 6.17. The summed E-state index contributed by atoms with van der Waals surface area (Å²) < 4.78 is 0. The SMILES string of the molecule is Cc1ccc2[nH]cc(C(CN)Cc3cccc4ccccc34)c2c1. The quantitative estimate of drug-likeness (QED) is 0.552. The number of hydrogen-bond donors (Lipinski definition) is 2. The van der Waals surface area contributed by atoms with Crippen LogP contribution < -0.4 is 5.73 Å². The highest BCUT2D eigenvalue weighted by Gasteiger charge is 2.16. The second-order valence-electron chi connectivity index (χ2n) is 6.57. The minimum absolute atomic E-state index is 0.311. The Hall–Kier alpha value is -2.58. The Morgan fingerprint density at radius 2 is 1.79 bits per heavy atom. The number of rotatable bonds is 4. The fourth-order valence-electron chi connectivity index (χ4n) is 3.65. The molecular weight excluding hydrogens is 292 g/mol. The zero-order valence-electron chi connectivity index (χ0n) is 13.9. The van der Waals surface area contributed by atoms with Crippen LogP contribution in [0.5, 0.6) is 0 Å². The Morgan fingerprint density at radius 1 is 0.958 bits per heavy atom. The van der Waals surface area contributed by atoms with Gasteiger partial charge in [-0.2, -0.15) is 0 Å². The van der Waals surface area contributed by atoms with Crippen LogP contribution >= 0.6 is 0 Å². The third-order valence-electron chi connectivity index (χ3n) is 4.94. The molecule has 3 aromatic carbocycles. The van der Waals surface area contributed by atoms with Crippen molar-refractivity contribution in [3.8, 4) is 0 Å². The summed E-state index contributed by atoms with van der Waals surface area (Å²) >= 11 is 0. The molecule has 1 heterocycles. The van der Waals surface area contributed by atoms with Gasteiger partial charge in [-0.05, 0) is 53.9 Å². The Morgan fingerprint density at radius 3 is 2.67 bits per heavy atom. The Bertz CT molecular complexity index is 992. The molecule has 0 aliphatic carbocycles. The number of nitrogens with two attached hydrogens (primary N) is 1. The lowest BCUT2D eigenvalue weighted by molar-refractivity contribution is 0.702. The fourth-order valence-corrected chi connectivity index (χ4v) is 3.65. The molecule has 0 saturated heterocycles. The highest BCUT2D eigenvalue weighted by Crippen LogP contribution is 2.30. The molecule has 0 fully saturated rings. The standard InChI is InChI=1S/C22H22N2/c1-15-9-10-22-20(11-15)21(14-24-22)18(13-23)12-17-7-4-6-16-5-2-3-8-19(16)17/h2-11,14,18,24H,12-13,23H2,1H3. The van der Waals surface area contributed by atoms with Crippen LogP contribution in [0.2, 0.25) is 0 Å². The van der Waals surface area contributed by atoms with Crippen molar-refractivity contribution in [1.82, 2.24) is 4.98 Å². The average molecular weight is 314 g/mol. The molecule has 0 radical (unpaired) electrons. The second-order valence-corrected chi connectivity index (χ2v) is 6.57. The summed E-state index contributed by atoms with van der Waals surface area (Å²) in [5.74, 6) is 0.311. The summed E-state index contributed by atoms with van der Waals surface area (Å²) in [6, 6.07) is 21.7. The molecule has 0 aliphatic heterocycles.